The van der Waals surface area contributed by atoms with Gasteiger partial charge >= 0.3 is 0 Å². The van der Waals surface area contributed by atoms with Crippen LogP contribution in [0, 0.1) is 0 Å². The van der Waals surface area contributed by atoms with Gasteiger partial charge in [-0.1, -0.05) is 17.3 Å². The van der Waals surface area contributed by atoms with Crippen LogP contribution in [0.5, 0.6) is 0 Å². The molecule has 6 heteroatoms. The Morgan fingerprint density at radius 3 is 2.76 bits per heavy atom. The van der Waals surface area contributed by atoms with Crippen molar-refractivity contribution in [1.82, 2.24) is 5.32 Å². The number of carbonyl (C=O) groups excluding carboxylic acids is 1. The number of carbonyl (C=O) groups is 1. The van der Waals surface area contributed by atoms with Gasteiger partial charge in [0.15, 0.2) is 0 Å². The Balaban J connectivity index is 2.04. The molecular weight excluding hydrogens is 272 g/mol. The first-order valence-electron chi connectivity index (χ1n) is 6.36. The van der Waals surface area contributed by atoms with Crippen LogP contribution in [-0.2, 0) is 4.84 Å². The van der Waals surface area contributed by atoms with Gasteiger partial charge in [0.2, 0.25) is 0 Å². The second kappa shape index (κ2) is 7.25. The van der Waals surface area contributed by atoms with Gasteiger partial charge in [0.05, 0.1) is 19.1 Å². The average Bonchev–Trinajstić information content (AvgIpc) is 3.05. The van der Waals surface area contributed by atoms with Crippen molar-refractivity contribution < 1.29 is 19.2 Å². The van der Waals surface area contributed by atoms with Crippen LogP contribution in [0.15, 0.2) is 52.2 Å². The maximum atomic E-state index is 12.1. The normalized spacial score (nSPS) is 12.3. The number of benzene rings is 1. The number of furan rings is 1. The maximum Gasteiger partial charge on any atom is 0.251 e. The summed E-state index contributed by atoms with van der Waals surface area (Å²) < 4.78 is 5.18. The van der Waals surface area contributed by atoms with Crippen molar-refractivity contribution in [1.29, 1.82) is 0 Å². The van der Waals surface area contributed by atoms with Crippen molar-refractivity contribution in [3.8, 4) is 0 Å². The molecule has 0 spiro atoms. The monoisotopic (exact) mass is 288 g/mol. The highest BCUT2D eigenvalue weighted by atomic mass is 16.6. The summed E-state index contributed by atoms with van der Waals surface area (Å²) >= 11 is 0. The number of rotatable bonds is 6. The molecule has 1 amide bonds. The Hall–Kier alpha value is -2.60. The second-order valence-electron chi connectivity index (χ2n) is 4.26. The number of aliphatic hydroxyl groups is 1. The summed E-state index contributed by atoms with van der Waals surface area (Å²) in [4.78, 5) is 16.7. The van der Waals surface area contributed by atoms with Crippen LogP contribution in [0.3, 0.4) is 0 Å². The third-order valence-corrected chi connectivity index (χ3v) is 2.85. The number of oxime groups is 1. The molecule has 1 unspecified atom stereocenters. The fraction of sp³-hybridized carbons (Fsp3) is 0.200. The predicted octanol–water partition coefficient (Wildman–Crippen LogP) is 1.72. The lowest BCUT2D eigenvalue weighted by Crippen LogP contribution is -2.30. The van der Waals surface area contributed by atoms with Gasteiger partial charge in [-0.2, -0.15) is 0 Å². The van der Waals surface area contributed by atoms with E-state index in [-0.39, 0.29) is 12.5 Å². The summed E-state index contributed by atoms with van der Waals surface area (Å²) in [7, 11) is 1.46. The summed E-state index contributed by atoms with van der Waals surface area (Å²) in [6, 6.07) is 9.67. The molecule has 0 bridgehead atoms. The first-order valence-corrected chi connectivity index (χ1v) is 6.36. The van der Waals surface area contributed by atoms with E-state index >= 15 is 0 Å². The minimum absolute atomic E-state index is 0.238. The summed E-state index contributed by atoms with van der Waals surface area (Å²) in [6.07, 6.45) is 3.04. The number of nitrogens with one attached hydrogen (secondary N) is 1. The molecule has 0 radical (unpaired) electrons. The van der Waals surface area contributed by atoms with Gasteiger partial charge in [0, 0.05) is 5.56 Å². The highest BCUT2D eigenvalue weighted by Gasteiger charge is 2.16. The van der Waals surface area contributed by atoms with Crippen LogP contribution in [0.1, 0.15) is 27.7 Å². The molecule has 1 aromatic carbocycles. The average molecular weight is 288 g/mol. The SMILES string of the molecule is CO/N=C/c1ccc(C(=O)NC(CO)c2ccco2)cc1. The van der Waals surface area contributed by atoms with Crippen LogP contribution in [0.2, 0.25) is 0 Å². The van der Waals surface area contributed by atoms with E-state index in [0.717, 1.165) is 5.56 Å². The summed E-state index contributed by atoms with van der Waals surface area (Å²) in [5.41, 5.74) is 1.30. The van der Waals surface area contributed by atoms with Crippen molar-refractivity contribution in [3.63, 3.8) is 0 Å². The number of hydrogen-bond acceptors (Lipinski definition) is 5. The number of amides is 1. The third-order valence-electron chi connectivity index (χ3n) is 2.85. The molecular formula is C15H16N2O4. The minimum atomic E-state index is -0.567. The standard InChI is InChI=1S/C15H16N2O4/c1-20-16-9-11-4-6-12(7-5-11)15(19)17-13(10-18)14-3-2-8-21-14/h2-9,13,18H,10H2,1H3,(H,17,19)/b16-9+. The highest BCUT2D eigenvalue weighted by Crippen LogP contribution is 2.13. The zero-order valence-electron chi connectivity index (χ0n) is 11.5. The lowest BCUT2D eigenvalue weighted by atomic mass is 10.1. The maximum absolute atomic E-state index is 12.1. The highest BCUT2D eigenvalue weighted by molar-refractivity contribution is 5.95. The van der Waals surface area contributed by atoms with E-state index in [9.17, 15) is 9.90 Å². The molecule has 0 saturated carbocycles. The zero-order valence-corrected chi connectivity index (χ0v) is 11.5. The van der Waals surface area contributed by atoms with Crippen molar-refractivity contribution >= 4 is 12.1 Å². The van der Waals surface area contributed by atoms with E-state index in [4.69, 9.17) is 4.42 Å². The molecule has 2 N–H and O–H groups in total. The van der Waals surface area contributed by atoms with Crippen LogP contribution < -0.4 is 5.32 Å². The fourth-order valence-corrected chi connectivity index (χ4v) is 1.77. The molecule has 21 heavy (non-hydrogen) atoms. The van der Waals surface area contributed by atoms with E-state index in [0.29, 0.717) is 11.3 Å². The van der Waals surface area contributed by atoms with Gasteiger partial charge in [0.1, 0.15) is 18.9 Å². The number of hydrogen-bond donors (Lipinski definition) is 2. The minimum Gasteiger partial charge on any atom is -0.467 e. The van der Waals surface area contributed by atoms with Gasteiger partial charge in [-0.15, -0.1) is 0 Å². The molecule has 1 atom stereocenters. The van der Waals surface area contributed by atoms with Crippen LogP contribution in [0.4, 0.5) is 0 Å². The van der Waals surface area contributed by atoms with E-state index in [2.05, 4.69) is 15.3 Å². The van der Waals surface area contributed by atoms with Crippen LogP contribution >= 0.6 is 0 Å². The summed E-state index contributed by atoms with van der Waals surface area (Å²) in [5, 5.41) is 15.7. The third kappa shape index (κ3) is 3.93. The Morgan fingerprint density at radius 2 is 2.19 bits per heavy atom. The molecule has 0 fully saturated rings. The predicted molar refractivity (Wildman–Crippen MR) is 77.0 cm³/mol. The van der Waals surface area contributed by atoms with E-state index in [1.807, 2.05) is 0 Å². The fourth-order valence-electron chi connectivity index (χ4n) is 1.77. The molecule has 0 aliphatic rings. The molecule has 6 nitrogen and oxygen atoms in total. The van der Waals surface area contributed by atoms with Crippen molar-refractivity contribution in [2.24, 2.45) is 5.16 Å². The van der Waals surface area contributed by atoms with Gasteiger partial charge < -0.3 is 19.7 Å². The van der Waals surface area contributed by atoms with Crippen molar-refractivity contribution in [3.05, 3.63) is 59.5 Å². The molecule has 1 aromatic heterocycles. The van der Waals surface area contributed by atoms with Gasteiger partial charge in [-0.05, 0) is 29.8 Å². The molecule has 110 valence electrons. The second-order valence-corrected chi connectivity index (χ2v) is 4.26. The Morgan fingerprint density at radius 1 is 1.43 bits per heavy atom. The Kier molecular flexibility index (Phi) is 5.11. The first kappa shape index (κ1) is 14.8. The van der Waals surface area contributed by atoms with E-state index in [1.54, 1.807) is 42.6 Å². The summed E-state index contributed by atoms with van der Waals surface area (Å²) in [5.74, 6) is 0.218. The van der Waals surface area contributed by atoms with Gasteiger partial charge in [-0.25, -0.2) is 0 Å². The topological polar surface area (TPSA) is 84.1 Å². The van der Waals surface area contributed by atoms with Crippen molar-refractivity contribution in [2.75, 3.05) is 13.7 Å². The van der Waals surface area contributed by atoms with Crippen LogP contribution in [-0.4, -0.2) is 30.9 Å². The Labute approximate surface area is 122 Å². The van der Waals surface area contributed by atoms with Crippen molar-refractivity contribution in [2.45, 2.75) is 6.04 Å². The van der Waals surface area contributed by atoms with E-state index in [1.165, 1.54) is 13.4 Å². The molecule has 0 aliphatic heterocycles. The molecule has 0 aliphatic carbocycles. The Bertz CT molecular complexity index is 591. The van der Waals surface area contributed by atoms with Gasteiger partial charge in [-0.3, -0.25) is 4.79 Å². The van der Waals surface area contributed by atoms with Crippen LogP contribution in [0.25, 0.3) is 0 Å². The molecule has 0 saturated heterocycles. The number of nitrogens with zero attached hydrogens (tertiary/aromatic N) is 1. The first-order chi connectivity index (χ1) is 10.2. The number of aliphatic hydroxyl groups excluding tert-OH is 1. The zero-order chi connectivity index (χ0) is 15.1. The van der Waals surface area contributed by atoms with Gasteiger partial charge in [0.25, 0.3) is 5.91 Å². The molecule has 2 aromatic rings. The smallest absolute Gasteiger partial charge is 0.251 e. The molecule has 1 heterocycles. The largest absolute Gasteiger partial charge is 0.467 e. The molecule has 2 rings (SSSR count). The lowest BCUT2D eigenvalue weighted by Gasteiger charge is -2.13. The van der Waals surface area contributed by atoms with E-state index < -0.39 is 6.04 Å². The quantitative estimate of drug-likeness (QED) is 0.626. The summed E-state index contributed by atoms with van der Waals surface area (Å²) in [6.45, 7) is -0.238. The lowest BCUT2D eigenvalue weighted by molar-refractivity contribution is 0.0907.